The quantitative estimate of drug-likeness (QED) is 0.822. The minimum Gasteiger partial charge on any atom is -0.497 e. The molecule has 0 saturated carbocycles. The van der Waals surface area contributed by atoms with Gasteiger partial charge in [-0.1, -0.05) is 6.07 Å². The van der Waals surface area contributed by atoms with Crippen molar-refractivity contribution in [1.29, 1.82) is 0 Å². The van der Waals surface area contributed by atoms with Crippen LogP contribution in [0.3, 0.4) is 0 Å². The van der Waals surface area contributed by atoms with E-state index in [1.165, 1.54) is 0 Å². The van der Waals surface area contributed by atoms with E-state index in [-0.39, 0.29) is 0 Å². The van der Waals surface area contributed by atoms with Gasteiger partial charge in [-0.3, -0.25) is 0 Å². The van der Waals surface area contributed by atoms with Gasteiger partial charge < -0.3 is 4.74 Å². The number of benzene rings is 1. The van der Waals surface area contributed by atoms with Gasteiger partial charge in [-0.25, -0.2) is 4.68 Å². The minimum atomic E-state index is 0.820. The van der Waals surface area contributed by atoms with Gasteiger partial charge in [0.15, 0.2) is 0 Å². The van der Waals surface area contributed by atoms with Gasteiger partial charge in [0, 0.05) is 12.3 Å². The second kappa shape index (κ2) is 3.84. The monoisotopic (exact) mass is 252 g/mol. The Bertz CT molecular complexity index is 439. The normalized spacial score (nSPS) is 10.1. The van der Waals surface area contributed by atoms with E-state index in [2.05, 4.69) is 21.0 Å². The number of hydrogen-bond acceptors (Lipinski definition) is 2. The Morgan fingerprint density at radius 3 is 2.86 bits per heavy atom. The zero-order valence-corrected chi connectivity index (χ0v) is 9.23. The molecule has 0 aliphatic carbocycles. The van der Waals surface area contributed by atoms with Crippen LogP contribution in [0.2, 0.25) is 0 Å². The molecule has 14 heavy (non-hydrogen) atoms. The van der Waals surface area contributed by atoms with Gasteiger partial charge in [0.2, 0.25) is 0 Å². The number of halogens is 1. The van der Waals surface area contributed by atoms with Crippen LogP contribution in [-0.2, 0) is 0 Å². The van der Waals surface area contributed by atoms with E-state index < -0.39 is 0 Å². The van der Waals surface area contributed by atoms with Crippen LogP contribution >= 0.6 is 15.9 Å². The van der Waals surface area contributed by atoms with Crippen LogP contribution in [0.15, 0.2) is 41.1 Å². The highest BCUT2D eigenvalue weighted by atomic mass is 79.9. The SMILES string of the molecule is COc1cccc(-n2ccc(Br)n2)c1. The van der Waals surface area contributed by atoms with E-state index in [0.717, 1.165) is 16.0 Å². The lowest BCUT2D eigenvalue weighted by Gasteiger charge is -2.03. The van der Waals surface area contributed by atoms with Gasteiger partial charge in [-0.05, 0) is 34.1 Å². The first kappa shape index (κ1) is 9.27. The highest BCUT2D eigenvalue weighted by Gasteiger charge is 1.99. The van der Waals surface area contributed by atoms with Crippen molar-refractivity contribution < 1.29 is 4.74 Å². The summed E-state index contributed by atoms with van der Waals surface area (Å²) in [5.74, 6) is 0.828. The number of aromatic nitrogens is 2. The highest BCUT2D eigenvalue weighted by molar-refractivity contribution is 9.10. The average molecular weight is 253 g/mol. The van der Waals surface area contributed by atoms with Crippen molar-refractivity contribution in [2.45, 2.75) is 0 Å². The molecule has 0 aliphatic heterocycles. The third-order valence-electron chi connectivity index (χ3n) is 1.87. The topological polar surface area (TPSA) is 27.1 Å². The molecule has 0 radical (unpaired) electrons. The molecule has 2 aromatic rings. The molecular formula is C10H9BrN2O. The molecule has 0 atom stereocenters. The highest BCUT2D eigenvalue weighted by Crippen LogP contribution is 2.16. The number of methoxy groups -OCH3 is 1. The molecule has 0 bridgehead atoms. The summed E-state index contributed by atoms with van der Waals surface area (Å²) in [4.78, 5) is 0. The Morgan fingerprint density at radius 1 is 1.36 bits per heavy atom. The van der Waals surface area contributed by atoms with Crippen LogP contribution in [0.1, 0.15) is 0 Å². The summed E-state index contributed by atoms with van der Waals surface area (Å²) >= 11 is 3.30. The van der Waals surface area contributed by atoms with E-state index in [9.17, 15) is 0 Å². The molecule has 1 aromatic heterocycles. The lowest BCUT2D eigenvalue weighted by atomic mass is 10.3. The molecule has 1 aromatic carbocycles. The number of ether oxygens (including phenoxy) is 1. The van der Waals surface area contributed by atoms with Crippen LogP contribution in [0.5, 0.6) is 5.75 Å². The summed E-state index contributed by atoms with van der Waals surface area (Å²) in [6.07, 6.45) is 1.89. The first-order valence-electron chi connectivity index (χ1n) is 4.15. The molecule has 72 valence electrons. The summed E-state index contributed by atoms with van der Waals surface area (Å²) in [7, 11) is 1.65. The second-order valence-electron chi connectivity index (χ2n) is 2.78. The molecule has 0 unspecified atom stereocenters. The Labute approximate surface area is 90.4 Å². The van der Waals surface area contributed by atoms with Crippen molar-refractivity contribution in [1.82, 2.24) is 9.78 Å². The maximum absolute atomic E-state index is 5.13. The molecule has 0 fully saturated rings. The third kappa shape index (κ3) is 1.80. The van der Waals surface area contributed by atoms with E-state index in [0.29, 0.717) is 0 Å². The summed E-state index contributed by atoms with van der Waals surface area (Å²) < 4.78 is 7.73. The molecule has 0 spiro atoms. The fourth-order valence-corrected chi connectivity index (χ4v) is 1.49. The lowest BCUT2D eigenvalue weighted by molar-refractivity contribution is 0.414. The first-order valence-corrected chi connectivity index (χ1v) is 4.94. The van der Waals surface area contributed by atoms with Crippen LogP contribution in [0, 0.1) is 0 Å². The van der Waals surface area contributed by atoms with E-state index in [1.807, 2.05) is 36.5 Å². The van der Waals surface area contributed by atoms with Gasteiger partial charge in [-0.2, -0.15) is 5.10 Å². The predicted molar refractivity (Wildman–Crippen MR) is 57.8 cm³/mol. The van der Waals surface area contributed by atoms with Gasteiger partial charge in [0.05, 0.1) is 12.8 Å². The van der Waals surface area contributed by atoms with Crippen molar-refractivity contribution in [3.05, 3.63) is 41.1 Å². The Morgan fingerprint density at radius 2 is 2.21 bits per heavy atom. The predicted octanol–water partition coefficient (Wildman–Crippen LogP) is 2.64. The minimum absolute atomic E-state index is 0.820. The van der Waals surface area contributed by atoms with Crippen LogP contribution in [-0.4, -0.2) is 16.9 Å². The van der Waals surface area contributed by atoms with E-state index >= 15 is 0 Å². The van der Waals surface area contributed by atoms with Crippen LogP contribution in [0.4, 0.5) is 0 Å². The summed E-state index contributed by atoms with van der Waals surface area (Å²) in [5.41, 5.74) is 0.982. The van der Waals surface area contributed by atoms with Crippen molar-refractivity contribution in [2.75, 3.05) is 7.11 Å². The summed E-state index contributed by atoms with van der Waals surface area (Å²) in [6.45, 7) is 0. The molecular weight excluding hydrogens is 244 g/mol. The molecule has 4 heteroatoms. The summed E-state index contributed by atoms with van der Waals surface area (Å²) in [6, 6.07) is 9.63. The molecule has 0 amide bonds. The Hall–Kier alpha value is -1.29. The molecule has 3 nitrogen and oxygen atoms in total. The van der Waals surface area contributed by atoms with Gasteiger partial charge in [-0.15, -0.1) is 0 Å². The Balaban J connectivity index is 2.41. The molecule has 0 N–H and O–H groups in total. The van der Waals surface area contributed by atoms with Gasteiger partial charge in [0.25, 0.3) is 0 Å². The molecule has 1 heterocycles. The number of hydrogen-bond donors (Lipinski definition) is 0. The fraction of sp³-hybridized carbons (Fsp3) is 0.100. The smallest absolute Gasteiger partial charge is 0.128 e. The van der Waals surface area contributed by atoms with Crippen LogP contribution < -0.4 is 4.74 Å². The van der Waals surface area contributed by atoms with Gasteiger partial charge in [0.1, 0.15) is 10.4 Å². The molecule has 2 rings (SSSR count). The molecule has 0 aliphatic rings. The van der Waals surface area contributed by atoms with Crippen molar-refractivity contribution in [3.8, 4) is 11.4 Å². The van der Waals surface area contributed by atoms with Crippen molar-refractivity contribution >= 4 is 15.9 Å². The van der Waals surface area contributed by atoms with Crippen LogP contribution in [0.25, 0.3) is 5.69 Å². The zero-order valence-electron chi connectivity index (χ0n) is 7.64. The Kier molecular flexibility index (Phi) is 2.54. The van der Waals surface area contributed by atoms with Crippen molar-refractivity contribution in [2.24, 2.45) is 0 Å². The first-order chi connectivity index (χ1) is 6.79. The number of rotatable bonds is 2. The second-order valence-corrected chi connectivity index (χ2v) is 3.60. The van der Waals surface area contributed by atoms with Gasteiger partial charge >= 0.3 is 0 Å². The van der Waals surface area contributed by atoms with E-state index in [4.69, 9.17) is 4.74 Å². The maximum atomic E-state index is 5.13. The number of nitrogens with zero attached hydrogens (tertiary/aromatic N) is 2. The van der Waals surface area contributed by atoms with Crippen molar-refractivity contribution in [3.63, 3.8) is 0 Å². The lowest BCUT2D eigenvalue weighted by Crippen LogP contribution is -1.94. The largest absolute Gasteiger partial charge is 0.497 e. The average Bonchev–Trinajstić information content (AvgIpc) is 2.65. The maximum Gasteiger partial charge on any atom is 0.128 e. The zero-order chi connectivity index (χ0) is 9.97. The third-order valence-corrected chi connectivity index (χ3v) is 2.30. The molecule has 0 saturated heterocycles. The summed E-state index contributed by atoms with van der Waals surface area (Å²) in [5, 5.41) is 4.23. The fourth-order valence-electron chi connectivity index (χ4n) is 1.20. The standard InChI is InChI=1S/C10H9BrN2O/c1-14-9-4-2-3-8(7-9)13-6-5-10(11)12-13/h2-7H,1H3. The van der Waals surface area contributed by atoms with E-state index in [1.54, 1.807) is 11.8 Å².